The maximum atomic E-state index is 12.1. The Balaban J connectivity index is 1.66. The van der Waals surface area contributed by atoms with Crippen molar-refractivity contribution in [2.75, 3.05) is 26.2 Å². The van der Waals surface area contributed by atoms with Gasteiger partial charge in [-0.05, 0) is 12.1 Å². The van der Waals surface area contributed by atoms with Crippen LogP contribution >= 0.6 is 0 Å². The molecule has 2 N–H and O–H groups in total. The van der Waals surface area contributed by atoms with Crippen LogP contribution in [0.1, 0.15) is 10.4 Å². The van der Waals surface area contributed by atoms with E-state index in [9.17, 15) is 4.79 Å². The molecule has 0 aliphatic carbocycles. The molecule has 0 aromatic carbocycles. The minimum Gasteiger partial charge on any atom is -0.374 e. The second kappa shape index (κ2) is 5.38. The standard InChI is InChI=1S/C13H16N4O2/c18-13(15-8-10-7-14-4-6-19-10)11-9-16-17-5-2-1-3-12(11)17/h1-3,5,9-10,14H,4,6-8H2,(H,15,18). The fourth-order valence-corrected chi connectivity index (χ4v) is 2.16. The maximum absolute atomic E-state index is 12.1. The molecule has 6 heteroatoms. The predicted octanol–water partition coefficient (Wildman–Crippen LogP) is 0.0525. The summed E-state index contributed by atoms with van der Waals surface area (Å²) in [6.07, 6.45) is 3.45. The van der Waals surface area contributed by atoms with E-state index in [2.05, 4.69) is 15.7 Å². The zero-order valence-electron chi connectivity index (χ0n) is 10.5. The SMILES string of the molecule is O=C(NCC1CNCCO1)c1cnn2ccccc12. The number of nitrogens with zero attached hydrogens (tertiary/aromatic N) is 2. The van der Waals surface area contributed by atoms with Crippen molar-refractivity contribution in [3.8, 4) is 0 Å². The number of nitrogens with one attached hydrogen (secondary N) is 2. The molecule has 1 amide bonds. The molecule has 1 saturated heterocycles. The Morgan fingerprint density at radius 3 is 3.37 bits per heavy atom. The third-order valence-electron chi connectivity index (χ3n) is 3.17. The summed E-state index contributed by atoms with van der Waals surface area (Å²) in [6.45, 7) is 2.85. The van der Waals surface area contributed by atoms with E-state index in [0.29, 0.717) is 18.7 Å². The Bertz CT molecular complexity index is 575. The molecular formula is C13H16N4O2. The average Bonchev–Trinajstić information content (AvgIpc) is 2.90. The summed E-state index contributed by atoms with van der Waals surface area (Å²) in [5, 5.41) is 10.3. The zero-order chi connectivity index (χ0) is 13.1. The second-order valence-corrected chi connectivity index (χ2v) is 4.50. The molecule has 6 nitrogen and oxygen atoms in total. The number of amides is 1. The number of fused-ring (bicyclic) bond motifs is 1. The number of carbonyl (C=O) groups excluding carboxylic acids is 1. The van der Waals surface area contributed by atoms with Crippen molar-refractivity contribution in [3.05, 3.63) is 36.2 Å². The van der Waals surface area contributed by atoms with Crippen LogP contribution in [0.2, 0.25) is 0 Å². The first-order valence-electron chi connectivity index (χ1n) is 6.37. The summed E-state index contributed by atoms with van der Waals surface area (Å²) in [7, 11) is 0. The van der Waals surface area contributed by atoms with Gasteiger partial charge in [0.05, 0.1) is 30.0 Å². The van der Waals surface area contributed by atoms with Crippen LogP contribution in [-0.2, 0) is 4.74 Å². The Hall–Kier alpha value is -1.92. The smallest absolute Gasteiger partial charge is 0.255 e. The van der Waals surface area contributed by atoms with Gasteiger partial charge in [0.15, 0.2) is 0 Å². The summed E-state index contributed by atoms with van der Waals surface area (Å²) in [4.78, 5) is 12.1. The number of morpholine rings is 1. The minimum absolute atomic E-state index is 0.0412. The third kappa shape index (κ3) is 2.59. The molecule has 3 rings (SSSR count). The number of aromatic nitrogens is 2. The average molecular weight is 260 g/mol. The van der Waals surface area contributed by atoms with Crippen LogP contribution in [0, 0.1) is 0 Å². The summed E-state index contributed by atoms with van der Waals surface area (Å²) in [5.41, 5.74) is 1.40. The molecule has 1 aliphatic heterocycles. The van der Waals surface area contributed by atoms with Crippen molar-refractivity contribution in [2.24, 2.45) is 0 Å². The Morgan fingerprint density at radius 2 is 2.53 bits per heavy atom. The summed E-state index contributed by atoms with van der Waals surface area (Å²) >= 11 is 0. The quantitative estimate of drug-likeness (QED) is 0.818. The van der Waals surface area contributed by atoms with E-state index in [-0.39, 0.29) is 12.0 Å². The van der Waals surface area contributed by atoms with Gasteiger partial charge in [0, 0.05) is 25.8 Å². The molecule has 2 aromatic rings. The highest BCUT2D eigenvalue weighted by Gasteiger charge is 2.16. The molecular weight excluding hydrogens is 244 g/mol. The molecule has 1 fully saturated rings. The van der Waals surface area contributed by atoms with Crippen molar-refractivity contribution in [1.29, 1.82) is 0 Å². The van der Waals surface area contributed by atoms with Crippen molar-refractivity contribution in [3.63, 3.8) is 0 Å². The van der Waals surface area contributed by atoms with Gasteiger partial charge in [-0.1, -0.05) is 6.07 Å². The lowest BCUT2D eigenvalue weighted by Crippen LogP contribution is -2.45. The van der Waals surface area contributed by atoms with Gasteiger partial charge in [-0.2, -0.15) is 5.10 Å². The van der Waals surface area contributed by atoms with Crippen molar-refractivity contribution in [1.82, 2.24) is 20.2 Å². The Morgan fingerprint density at radius 1 is 1.58 bits per heavy atom. The lowest BCUT2D eigenvalue weighted by molar-refractivity contribution is 0.0287. The summed E-state index contributed by atoms with van der Waals surface area (Å²) in [5.74, 6) is -0.115. The summed E-state index contributed by atoms with van der Waals surface area (Å²) in [6, 6.07) is 5.64. The van der Waals surface area contributed by atoms with Crippen molar-refractivity contribution >= 4 is 11.4 Å². The van der Waals surface area contributed by atoms with Crippen LogP contribution in [0.5, 0.6) is 0 Å². The molecule has 0 spiro atoms. The van der Waals surface area contributed by atoms with E-state index < -0.39 is 0 Å². The van der Waals surface area contributed by atoms with E-state index >= 15 is 0 Å². The number of rotatable bonds is 3. The van der Waals surface area contributed by atoms with Gasteiger partial charge in [-0.3, -0.25) is 4.79 Å². The molecule has 1 aliphatic rings. The third-order valence-corrected chi connectivity index (χ3v) is 3.17. The molecule has 1 unspecified atom stereocenters. The normalized spacial score (nSPS) is 19.5. The second-order valence-electron chi connectivity index (χ2n) is 4.50. The lowest BCUT2D eigenvalue weighted by Gasteiger charge is -2.23. The first-order chi connectivity index (χ1) is 9.34. The molecule has 2 aromatic heterocycles. The van der Waals surface area contributed by atoms with Gasteiger partial charge >= 0.3 is 0 Å². The fraction of sp³-hybridized carbons (Fsp3) is 0.385. The van der Waals surface area contributed by atoms with E-state index in [1.807, 2.05) is 24.4 Å². The molecule has 1 atom stereocenters. The first kappa shape index (κ1) is 12.1. The van der Waals surface area contributed by atoms with Crippen LogP contribution in [-0.4, -0.2) is 47.9 Å². The van der Waals surface area contributed by atoms with Crippen LogP contribution in [0.15, 0.2) is 30.6 Å². The Kier molecular flexibility index (Phi) is 3.43. The van der Waals surface area contributed by atoms with Gasteiger partial charge in [-0.15, -0.1) is 0 Å². The molecule has 0 bridgehead atoms. The van der Waals surface area contributed by atoms with E-state index in [0.717, 1.165) is 18.6 Å². The van der Waals surface area contributed by atoms with Gasteiger partial charge in [0.1, 0.15) is 0 Å². The highest BCUT2D eigenvalue weighted by Crippen LogP contribution is 2.09. The minimum atomic E-state index is -0.115. The number of hydrogen-bond donors (Lipinski definition) is 2. The van der Waals surface area contributed by atoms with Crippen molar-refractivity contribution in [2.45, 2.75) is 6.10 Å². The number of hydrogen-bond acceptors (Lipinski definition) is 4. The van der Waals surface area contributed by atoms with E-state index in [1.165, 1.54) is 0 Å². The van der Waals surface area contributed by atoms with E-state index in [4.69, 9.17) is 4.74 Å². The molecule has 0 radical (unpaired) electrons. The zero-order valence-corrected chi connectivity index (χ0v) is 10.5. The van der Waals surface area contributed by atoms with Gasteiger partial charge < -0.3 is 15.4 Å². The topological polar surface area (TPSA) is 67.7 Å². The molecule has 0 saturated carbocycles. The first-order valence-corrected chi connectivity index (χ1v) is 6.37. The van der Waals surface area contributed by atoms with Gasteiger partial charge in [0.25, 0.3) is 5.91 Å². The van der Waals surface area contributed by atoms with Crippen molar-refractivity contribution < 1.29 is 9.53 Å². The van der Waals surface area contributed by atoms with Gasteiger partial charge in [0.2, 0.25) is 0 Å². The number of pyridine rings is 1. The summed E-state index contributed by atoms with van der Waals surface area (Å²) < 4.78 is 7.22. The van der Waals surface area contributed by atoms with Gasteiger partial charge in [-0.25, -0.2) is 4.52 Å². The number of ether oxygens (including phenoxy) is 1. The monoisotopic (exact) mass is 260 g/mol. The van der Waals surface area contributed by atoms with E-state index in [1.54, 1.807) is 10.7 Å². The fourth-order valence-electron chi connectivity index (χ4n) is 2.16. The maximum Gasteiger partial charge on any atom is 0.255 e. The highest BCUT2D eigenvalue weighted by molar-refractivity contribution is 6.00. The molecule has 3 heterocycles. The Labute approximate surface area is 110 Å². The van der Waals surface area contributed by atoms with Crippen LogP contribution in [0.25, 0.3) is 5.52 Å². The van der Waals surface area contributed by atoms with Crippen LogP contribution in [0.4, 0.5) is 0 Å². The predicted molar refractivity (Wildman–Crippen MR) is 70.1 cm³/mol. The largest absolute Gasteiger partial charge is 0.374 e. The lowest BCUT2D eigenvalue weighted by atomic mass is 10.2. The molecule has 100 valence electrons. The van der Waals surface area contributed by atoms with Crippen LogP contribution < -0.4 is 10.6 Å². The highest BCUT2D eigenvalue weighted by atomic mass is 16.5. The van der Waals surface area contributed by atoms with Crippen LogP contribution in [0.3, 0.4) is 0 Å². The number of carbonyl (C=O) groups is 1. The molecule has 19 heavy (non-hydrogen) atoms.